The van der Waals surface area contributed by atoms with Gasteiger partial charge in [-0.15, -0.1) is 0 Å². The van der Waals surface area contributed by atoms with Crippen LogP contribution in [0.25, 0.3) is 0 Å². The molecule has 0 unspecified atom stereocenters. The third-order valence-electron chi connectivity index (χ3n) is 3.73. The smallest absolute Gasteiger partial charge is 0.307 e. The highest BCUT2D eigenvalue weighted by Gasteiger charge is 2.28. The topological polar surface area (TPSA) is 75.6 Å². The predicted octanol–water partition coefficient (Wildman–Crippen LogP) is 3.50. The van der Waals surface area contributed by atoms with Crippen molar-refractivity contribution in [2.24, 2.45) is 5.41 Å². The Kier molecular flexibility index (Phi) is 6.31. The van der Waals surface area contributed by atoms with Gasteiger partial charge in [-0.1, -0.05) is 42.5 Å². The first-order valence-electron chi connectivity index (χ1n) is 8.11. The van der Waals surface area contributed by atoms with Crippen LogP contribution in [0.15, 0.2) is 54.6 Å². The first-order chi connectivity index (χ1) is 11.9. The third-order valence-corrected chi connectivity index (χ3v) is 3.73. The number of amides is 1. The van der Waals surface area contributed by atoms with Crippen molar-refractivity contribution < 1.29 is 19.4 Å². The number of ether oxygens (including phenoxy) is 1. The zero-order chi connectivity index (χ0) is 18.3. The van der Waals surface area contributed by atoms with Crippen LogP contribution in [-0.2, 0) is 27.4 Å². The van der Waals surface area contributed by atoms with Gasteiger partial charge in [-0.2, -0.15) is 0 Å². The summed E-state index contributed by atoms with van der Waals surface area (Å²) in [7, 11) is 0. The lowest BCUT2D eigenvalue weighted by molar-refractivity contribution is -0.136. The van der Waals surface area contributed by atoms with E-state index in [2.05, 4.69) is 5.32 Å². The van der Waals surface area contributed by atoms with E-state index in [4.69, 9.17) is 9.84 Å². The molecule has 2 N–H and O–H groups in total. The second kappa shape index (κ2) is 8.44. The van der Waals surface area contributed by atoms with Crippen LogP contribution < -0.4 is 5.32 Å². The van der Waals surface area contributed by atoms with Gasteiger partial charge in [0.25, 0.3) is 0 Å². The van der Waals surface area contributed by atoms with Gasteiger partial charge in [0.15, 0.2) is 0 Å². The minimum absolute atomic E-state index is 0.0761. The molecule has 0 aliphatic heterocycles. The molecule has 2 aromatic rings. The summed E-state index contributed by atoms with van der Waals surface area (Å²) in [5.74, 6) is -1.08. The van der Waals surface area contributed by atoms with Gasteiger partial charge in [-0.3, -0.25) is 9.59 Å². The summed E-state index contributed by atoms with van der Waals surface area (Å²) >= 11 is 0. The second-order valence-corrected chi connectivity index (χ2v) is 6.59. The molecular formula is C20H23NO4. The Morgan fingerprint density at radius 3 is 2.40 bits per heavy atom. The third kappa shape index (κ3) is 6.04. The number of aliphatic carboxylic acids is 1. The molecule has 2 aromatic carbocycles. The number of carbonyl (C=O) groups is 2. The maximum atomic E-state index is 12.5. The number of hydrogen-bond donors (Lipinski definition) is 2. The zero-order valence-corrected chi connectivity index (χ0v) is 14.5. The van der Waals surface area contributed by atoms with Gasteiger partial charge in [-0.05, 0) is 37.1 Å². The Morgan fingerprint density at radius 2 is 1.72 bits per heavy atom. The van der Waals surface area contributed by atoms with E-state index in [-0.39, 0.29) is 18.9 Å². The molecule has 0 saturated carbocycles. The number of anilines is 1. The van der Waals surface area contributed by atoms with E-state index in [1.54, 1.807) is 24.3 Å². The molecule has 0 fully saturated rings. The number of nitrogens with one attached hydrogen (secondary N) is 1. The van der Waals surface area contributed by atoms with Crippen LogP contribution >= 0.6 is 0 Å². The molecule has 5 nitrogen and oxygen atoms in total. The number of hydrogen-bond acceptors (Lipinski definition) is 3. The summed E-state index contributed by atoms with van der Waals surface area (Å²) in [4.78, 5) is 23.3. The molecule has 0 heterocycles. The van der Waals surface area contributed by atoms with Crippen LogP contribution in [0, 0.1) is 5.41 Å². The minimum Gasteiger partial charge on any atom is -0.481 e. The van der Waals surface area contributed by atoms with Crippen LogP contribution in [0.4, 0.5) is 5.69 Å². The summed E-state index contributed by atoms with van der Waals surface area (Å²) in [6, 6.07) is 16.6. The average Bonchev–Trinajstić information content (AvgIpc) is 2.55. The average molecular weight is 341 g/mol. The Hall–Kier alpha value is -2.66. The van der Waals surface area contributed by atoms with E-state index in [0.717, 1.165) is 5.56 Å². The van der Waals surface area contributed by atoms with Crippen molar-refractivity contribution in [3.05, 3.63) is 65.7 Å². The van der Waals surface area contributed by atoms with E-state index in [0.29, 0.717) is 17.9 Å². The molecule has 0 aliphatic carbocycles. The Balaban J connectivity index is 1.90. The van der Waals surface area contributed by atoms with E-state index < -0.39 is 11.4 Å². The SMILES string of the molecule is CC(C)(COCc1ccccc1)C(=O)Nc1cccc(CC(=O)O)c1. The monoisotopic (exact) mass is 341 g/mol. The number of benzene rings is 2. The molecule has 0 aromatic heterocycles. The quantitative estimate of drug-likeness (QED) is 0.770. The van der Waals surface area contributed by atoms with Crippen LogP contribution in [0.2, 0.25) is 0 Å². The van der Waals surface area contributed by atoms with Gasteiger partial charge < -0.3 is 15.2 Å². The van der Waals surface area contributed by atoms with Gasteiger partial charge in [-0.25, -0.2) is 0 Å². The van der Waals surface area contributed by atoms with Crippen LogP contribution in [0.3, 0.4) is 0 Å². The molecular weight excluding hydrogens is 318 g/mol. The van der Waals surface area contributed by atoms with Gasteiger partial charge >= 0.3 is 5.97 Å². The highest BCUT2D eigenvalue weighted by atomic mass is 16.5. The first kappa shape index (κ1) is 18.7. The first-order valence-corrected chi connectivity index (χ1v) is 8.11. The van der Waals surface area contributed by atoms with Crippen molar-refractivity contribution in [2.45, 2.75) is 26.9 Å². The van der Waals surface area contributed by atoms with Crippen molar-refractivity contribution in [3.8, 4) is 0 Å². The lowest BCUT2D eigenvalue weighted by Crippen LogP contribution is -2.35. The van der Waals surface area contributed by atoms with Gasteiger partial charge in [0.1, 0.15) is 0 Å². The van der Waals surface area contributed by atoms with Gasteiger partial charge in [0.2, 0.25) is 5.91 Å². The fourth-order valence-corrected chi connectivity index (χ4v) is 2.30. The molecule has 5 heteroatoms. The number of carbonyl (C=O) groups excluding carboxylic acids is 1. The molecule has 2 rings (SSSR count). The fourth-order valence-electron chi connectivity index (χ4n) is 2.30. The Bertz CT molecular complexity index is 725. The molecule has 0 spiro atoms. The molecule has 132 valence electrons. The molecule has 0 aliphatic rings. The van der Waals surface area contributed by atoms with Crippen molar-refractivity contribution in [2.75, 3.05) is 11.9 Å². The van der Waals surface area contributed by atoms with Crippen LogP contribution in [0.5, 0.6) is 0 Å². The summed E-state index contributed by atoms with van der Waals surface area (Å²) < 4.78 is 5.68. The number of carboxylic acid groups (broad SMARTS) is 1. The molecule has 25 heavy (non-hydrogen) atoms. The largest absolute Gasteiger partial charge is 0.481 e. The standard InChI is InChI=1S/C20H23NO4/c1-20(2,14-25-13-15-7-4-3-5-8-15)19(24)21-17-10-6-9-16(11-17)12-18(22)23/h3-11H,12-14H2,1-2H3,(H,21,24)(H,22,23). The highest BCUT2D eigenvalue weighted by molar-refractivity contribution is 5.95. The van der Waals surface area contributed by atoms with E-state index in [1.807, 2.05) is 44.2 Å². The molecule has 1 amide bonds. The van der Waals surface area contributed by atoms with Crippen LogP contribution in [-0.4, -0.2) is 23.6 Å². The normalized spacial score (nSPS) is 11.1. The second-order valence-electron chi connectivity index (χ2n) is 6.59. The maximum absolute atomic E-state index is 12.5. The molecule has 0 bridgehead atoms. The summed E-state index contributed by atoms with van der Waals surface area (Å²) in [6.45, 7) is 4.36. The molecule has 0 radical (unpaired) electrons. The fraction of sp³-hybridized carbons (Fsp3) is 0.300. The summed E-state index contributed by atoms with van der Waals surface area (Å²) in [5.41, 5.74) is 1.57. The number of carboxylic acids is 1. The zero-order valence-electron chi connectivity index (χ0n) is 14.5. The number of rotatable bonds is 8. The summed E-state index contributed by atoms with van der Waals surface area (Å²) in [6.07, 6.45) is -0.0761. The Morgan fingerprint density at radius 1 is 1.04 bits per heavy atom. The summed E-state index contributed by atoms with van der Waals surface area (Å²) in [5, 5.41) is 11.7. The van der Waals surface area contributed by atoms with Crippen molar-refractivity contribution >= 4 is 17.6 Å². The van der Waals surface area contributed by atoms with E-state index in [9.17, 15) is 9.59 Å². The minimum atomic E-state index is -0.905. The maximum Gasteiger partial charge on any atom is 0.307 e. The van der Waals surface area contributed by atoms with E-state index >= 15 is 0 Å². The van der Waals surface area contributed by atoms with Crippen molar-refractivity contribution in [1.29, 1.82) is 0 Å². The highest BCUT2D eigenvalue weighted by Crippen LogP contribution is 2.20. The lowest BCUT2D eigenvalue weighted by Gasteiger charge is -2.23. The molecule has 0 atom stereocenters. The van der Waals surface area contributed by atoms with Crippen molar-refractivity contribution in [1.82, 2.24) is 0 Å². The Labute approximate surface area is 147 Å². The van der Waals surface area contributed by atoms with E-state index in [1.165, 1.54) is 0 Å². The van der Waals surface area contributed by atoms with Crippen molar-refractivity contribution in [3.63, 3.8) is 0 Å². The predicted molar refractivity (Wildman–Crippen MR) is 96.3 cm³/mol. The van der Waals surface area contributed by atoms with Crippen LogP contribution in [0.1, 0.15) is 25.0 Å². The van der Waals surface area contributed by atoms with Gasteiger partial charge in [0.05, 0.1) is 25.0 Å². The molecule has 0 saturated heterocycles. The lowest BCUT2D eigenvalue weighted by atomic mass is 9.93. The van der Waals surface area contributed by atoms with Gasteiger partial charge in [0, 0.05) is 5.69 Å².